The van der Waals surface area contributed by atoms with E-state index in [-0.39, 0.29) is 23.8 Å². The Morgan fingerprint density at radius 3 is 2.54 bits per heavy atom. The summed E-state index contributed by atoms with van der Waals surface area (Å²) in [7, 11) is 0. The molecule has 0 aliphatic carbocycles. The molecule has 1 aliphatic rings. The number of hydrogen-bond donors (Lipinski definition) is 1. The summed E-state index contributed by atoms with van der Waals surface area (Å²) in [5.74, 6) is -0.821. The largest absolute Gasteiger partial charge is 0.448 e. The van der Waals surface area contributed by atoms with Crippen LogP contribution in [0.15, 0.2) is 36.4 Å². The van der Waals surface area contributed by atoms with Crippen molar-refractivity contribution < 1.29 is 19.1 Å². The molecule has 0 saturated carbocycles. The first-order valence-corrected chi connectivity index (χ1v) is 8.70. The Balaban J connectivity index is 1.62. The number of benzene rings is 1. The number of nitrogens with zero attached hydrogens (tertiary/aromatic N) is 2. The first-order chi connectivity index (χ1) is 12.4. The maximum atomic E-state index is 12.6. The van der Waals surface area contributed by atoms with Gasteiger partial charge in [0.1, 0.15) is 5.69 Å². The Bertz CT molecular complexity index is 764. The van der Waals surface area contributed by atoms with Crippen molar-refractivity contribution in [1.82, 2.24) is 15.1 Å². The highest BCUT2D eigenvalue weighted by molar-refractivity contribution is 5.91. The van der Waals surface area contributed by atoms with Gasteiger partial charge in [-0.25, -0.2) is 4.79 Å². The normalized spacial score (nSPS) is 21.3. The summed E-state index contributed by atoms with van der Waals surface area (Å²) in [5, 5.41) is 6.80. The van der Waals surface area contributed by atoms with Gasteiger partial charge in [0.15, 0.2) is 6.10 Å². The lowest BCUT2D eigenvalue weighted by Crippen LogP contribution is -2.51. The van der Waals surface area contributed by atoms with Crippen molar-refractivity contribution in [1.29, 1.82) is 0 Å². The molecule has 1 saturated heterocycles. The van der Waals surface area contributed by atoms with Gasteiger partial charge in [-0.15, -0.1) is 0 Å². The number of nitrogens with one attached hydrogen (secondary N) is 1. The molecule has 1 amide bonds. The molecule has 1 aromatic carbocycles. The smallest absolute Gasteiger partial charge is 0.357 e. The lowest BCUT2D eigenvalue weighted by molar-refractivity contribution is -0.151. The summed E-state index contributed by atoms with van der Waals surface area (Å²) in [5.41, 5.74) is 1.75. The molecular weight excluding hydrogens is 334 g/mol. The van der Waals surface area contributed by atoms with Crippen LogP contribution in [0.3, 0.4) is 0 Å². The minimum absolute atomic E-state index is 0.0355. The topological polar surface area (TPSA) is 84.5 Å². The Kier molecular flexibility index (Phi) is 5.37. The van der Waals surface area contributed by atoms with E-state index in [1.165, 1.54) is 0 Å². The van der Waals surface area contributed by atoms with E-state index in [0.717, 1.165) is 5.56 Å². The van der Waals surface area contributed by atoms with Gasteiger partial charge < -0.3 is 14.4 Å². The molecule has 0 spiro atoms. The van der Waals surface area contributed by atoms with Gasteiger partial charge in [0.05, 0.1) is 17.9 Å². The van der Waals surface area contributed by atoms with E-state index in [9.17, 15) is 9.59 Å². The minimum Gasteiger partial charge on any atom is -0.448 e. The number of H-pyrrole nitrogens is 1. The third-order valence-electron chi connectivity index (χ3n) is 4.23. The van der Waals surface area contributed by atoms with Crippen LogP contribution in [0.5, 0.6) is 0 Å². The number of hydrogen-bond acceptors (Lipinski definition) is 5. The number of carbonyl (C=O) groups excluding carboxylic acids is 2. The molecule has 2 aromatic rings. The average Bonchev–Trinajstić information content (AvgIpc) is 3.11. The average molecular weight is 357 g/mol. The van der Waals surface area contributed by atoms with Crippen molar-refractivity contribution in [2.45, 2.75) is 39.1 Å². The molecular formula is C19H23N3O4. The SMILES string of the molecule is C[C@@H]1CN(C(=O)[C@@H](C)OC(=O)c2cc(-c3ccccc3)n[nH]2)C[C@H](C)O1. The molecule has 3 rings (SSSR count). The molecule has 7 heteroatoms. The van der Waals surface area contributed by atoms with E-state index in [0.29, 0.717) is 18.8 Å². The van der Waals surface area contributed by atoms with Gasteiger partial charge in [0, 0.05) is 18.7 Å². The van der Waals surface area contributed by atoms with Gasteiger partial charge in [-0.3, -0.25) is 9.89 Å². The molecule has 1 aliphatic heterocycles. The van der Waals surface area contributed by atoms with Crippen molar-refractivity contribution in [3.05, 3.63) is 42.1 Å². The van der Waals surface area contributed by atoms with E-state index in [4.69, 9.17) is 9.47 Å². The lowest BCUT2D eigenvalue weighted by atomic mass is 10.1. The van der Waals surface area contributed by atoms with Crippen molar-refractivity contribution in [2.75, 3.05) is 13.1 Å². The molecule has 0 bridgehead atoms. The maximum Gasteiger partial charge on any atom is 0.357 e. The summed E-state index contributed by atoms with van der Waals surface area (Å²) < 4.78 is 11.0. The molecule has 2 heterocycles. The van der Waals surface area contributed by atoms with Crippen molar-refractivity contribution in [3.63, 3.8) is 0 Å². The van der Waals surface area contributed by atoms with Crippen LogP contribution < -0.4 is 0 Å². The fourth-order valence-electron chi connectivity index (χ4n) is 3.07. The molecule has 138 valence electrons. The Morgan fingerprint density at radius 1 is 1.23 bits per heavy atom. The molecule has 0 unspecified atom stereocenters. The summed E-state index contributed by atoms with van der Waals surface area (Å²) in [4.78, 5) is 26.6. The van der Waals surface area contributed by atoms with E-state index >= 15 is 0 Å². The maximum absolute atomic E-state index is 12.6. The monoisotopic (exact) mass is 357 g/mol. The van der Waals surface area contributed by atoms with Crippen LogP contribution in [0.2, 0.25) is 0 Å². The summed E-state index contributed by atoms with van der Waals surface area (Å²) in [6, 6.07) is 11.1. The fourth-order valence-corrected chi connectivity index (χ4v) is 3.07. The van der Waals surface area contributed by atoms with Gasteiger partial charge >= 0.3 is 5.97 Å². The summed E-state index contributed by atoms with van der Waals surface area (Å²) in [6.07, 6.45) is -0.943. The van der Waals surface area contributed by atoms with Gasteiger partial charge in [-0.05, 0) is 26.8 Å². The Labute approximate surface area is 152 Å². The fraction of sp³-hybridized carbons (Fsp3) is 0.421. The van der Waals surface area contributed by atoms with Crippen LogP contribution in [0.4, 0.5) is 0 Å². The molecule has 26 heavy (non-hydrogen) atoms. The summed E-state index contributed by atoms with van der Waals surface area (Å²) >= 11 is 0. The molecule has 1 fully saturated rings. The highest BCUT2D eigenvalue weighted by Gasteiger charge is 2.30. The number of amides is 1. The van der Waals surface area contributed by atoms with Gasteiger partial charge in [-0.2, -0.15) is 5.10 Å². The molecule has 3 atom stereocenters. The minimum atomic E-state index is -0.872. The number of carbonyl (C=O) groups is 2. The van der Waals surface area contributed by atoms with E-state index in [2.05, 4.69) is 10.2 Å². The molecule has 1 N–H and O–H groups in total. The zero-order valence-corrected chi connectivity index (χ0v) is 15.1. The highest BCUT2D eigenvalue weighted by Crippen LogP contribution is 2.18. The van der Waals surface area contributed by atoms with Crippen molar-refractivity contribution in [2.24, 2.45) is 0 Å². The third-order valence-corrected chi connectivity index (χ3v) is 4.23. The second-order valence-electron chi connectivity index (χ2n) is 6.58. The first kappa shape index (κ1) is 18.1. The van der Waals surface area contributed by atoms with E-state index < -0.39 is 12.1 Å². The number of morpholine rings is 1. The quantitative estimate of drug-likeness (QED) is 0.849. The number of aromatic amines is 1. The predicted molar refractivity (Wildman–Crippen MR) is 95.5 cm³/mol. The Hall–Kier alpha value is -2.67. The lowest BCUT2D eigenvalue weighted by Gasteiger charge is -2.36. The Morgan fingerprint density at radius 2 is 1.88 bits per heavy atom. The second kappa shape index (κ2) is 7.70. The van der Waals surface area contributed by atoms with Gasteiger partial charge in [-0.1, -0.05) is 30.3 Å². The van der Waals surface area contributed by atoms with Gasteiger partial charge in [0.2, 0.25) is 0 Å². The second-order valence-corrected chi connectivity index (χ2v) is 6.58. The van der Waals surface area contributed by atoms with Crippen molar-refractivity contribution >= 4 is 11.9 Å². The van der Waals surface area contributed by atoms with Crippen LogP contribution in [0.25, 0.3) is 11.3 Å². The number of rotatable bonds is 4. The molecule has 1 aromatic heterocycles. The molecule has 0 radical (unpaired) electrons. The standard InChI is InChI=1S/C19H23N3O4/c1-12-10-22(11-13(2)25-12)18(23)14(3)26-19(24)17-9-16(20-21-17)15-7-5-4-6-8-15/h4-9,12-14H,10-11H2,1-3H3,(H,20,21)/t12-,13+,14-/m1/s1. The van der Waals surface area contributed by atoms with Gasteiger partial charge in [0.25, 0.3) is 5.91 Å². The number of ether oxygens (including phenoxy) is 2. The summed E-state index contributed by atoms with van der Waals surface area (Å²) in [6.45, 7) is 6.41. The van der Waals surface area contributed by atoms with Crippen molar-refractivity contribution in [3.8, 4) is 11.3 Å². The first-order valence-electron chi connectivity index (χ1n) is 8.70. The van der Waals surface area contributed by atoms with Crippen LogP contribution in [-0.2, 0) is 14.3 Å². The van der Waals surface area contributed by atoms with Crippen LogP contribution >= 0.6 is 0 Å². The number of aromatic nitrogens is 2. The van der Waals surface area contributed by atoms with Crippen LogP contribution in [-0.4, -0.2) is 58.4 Å². The zero-order chi connectivity index (χ0) is 18.7. The van der Waals surface area contributed by atoms with Crippen LogP contribution in [0, 0.1) is 0 Å². The van der Waals surface area contributed by atoms with E-state index in [1.54, 1.807) is 17.9 Å². The predicted octanol–water partition coefficient (Wildman–Crippen LogP) is 2.26. The number of esters is 1. The highest BCUT2D eigenvalue weighted by atomic mass is 16.5. The van der Waals surface area contributed by atoms with E-state index in [1.807, 2.05) is 44.2 Å². The van der Waals surface area contributed by atoms with Crippen LogP contribution in [0.1, 0.15) is 31.3 Å². The zero-order valence-electron chi connectivity index (χ0n) is 15.1. The molecule has 7 nitrogen and oxygen atoms in total. The third kappa shape index (κ3) is 4.11.